The van der Waals surface area contributed by atoms with Gasteiger partial charge in [0.2, 0.25) is 10.0 Å². The van der Waals surface area contributed by atoms with E-state index >= 15 is 0 Å². The summed E-state index contributed by atoms with van der Waals surface area (Å²) in [7, 11) is -3.37. The van der Waals surface area contributed by atoms with Crippen molar-refractivity contribution in [2.24, 2.45) is 5.41 Å². The van der Waals surface area contributed by atoms with Crippen LogP contribution in [0.15, 0.2) is 59.8 Å². The SMILES string of the molecule is O=S(=O)(c1ccccc1)N1CC2(CO[C@@H](Cc3cccnc3)C2)C1. The third-order valence-electron chi connectivity index (χ3n) is 4.88. The molecular weight excluding hydrogens is 324 g/mol. The third kappa shape index (κ3) is 2.85. The van der Waals surface area contributed by atoms with Crippen molar-refractivity contribution in [2.45, 2.75) is 23.8 Å². The Balaban J connectivity index is 1.39. The first kappa shape index (κ1) is 15.7. The molecule has 1 atom stereocenters. The zero-order valence-electron chi connectivity index (χ0n) is 13.3. The quantitative estimate of drug-likeness (QED) is 0.852. The standard InChI is InChI=1S/C18H20N2O3S/c21-24(22,17-6-2-1-3-7-17)20-12-18(13-20)10-16(23-14-18)9-15-5-4-8-19-11-15/h1-8,11,16H,9-10,12-14H2/t16-/m0/s1. The summed E-state index contributed by atoms with van der Waals surface area (Å²) in [4.78, 5) is 4.50. The van der Waals surface area contributed by atoms with Crippen LogP contribution in [0.25, 0.3) is 0 Å². The van der Waals surface area contributed by atoms with Gasteiger partial charge in [-0.25, -0.2) is 8.42 Å². The predicted octanol–water partition coefficient (Wildman–Crippen LogP) is 2.10. The van der Waals surface area contributed by atoms with Gasteiger partial charge in [0, 0.05) is 37.3 Å². The molecule has 2 saturated heterocycles. The second-order valence-corrected chi connectivity index (χ2v) is 8.73. The van der Waals surface area contributed by atoms with Crippen LogP contribution in [-0.4, -0.2) is 43.5 Å². The summed E-state index contributed by atoms with van der Waals surface area (Å²) < 4.78 is 32.7. The minimum Gasteiger partial charge on any atom is -0.377 e. The van der Waals surface area contributed by atoms with Crippen molar-refractivity contribution in [1.29, 1.82) is 0 Å². The summed E-state index contributed by atoms with van der Waals surface area (Å²) in [5.41, 5.74) is 1.14. The van der Waals surface area contributed by atoms with Crippen molar-refractivity contribution in [1.82, 2.24) is 9.29 Å². The average Bonchev–Trinajstić information content (AvgIpc) is 3.00. The van der Waals surface area contributed by atoms with Gasteiger partial charge in [-0.1, -0.05) is 24.3 Å². The molecule has 6 heteroatoms. The van der Waals surface area contributed by atoms with Crippen molar-refractivity contribution in [2.75, 3.05) is 19.7 Å². The number of sulfonamides is 1. The lowest BCUT2D eigenvalue weighted by Gasteiger charge is -2.46. The fourth-order valence-electron chi connectivity index (χ4n) is 3.64. The van der Waals surface area contributed by atoms with Crippen LogP contribution < -0.4 is 0 Å². The number of rotatable bonds is 4. The molecule has 0 amide bonds. The van der Waals surface area contributed by atoms with Crippen molar-refractivity contribution < 1.29 is 13.2 Å². The van der Waals surface area contributed by atoms with E-state index in [0.717, 1.165) is 18.4 Å². The minimum absolute atomic E-state index is 0.0191. The highest BCUT2D eigenvalue weighted by Crippen LogP contribution is 2.44. The normalized spacial score (nSPS) is 23.2. The molecule has 2 aliphatic rings. The van der Waals surface area contributed by atoms with Gasteiger partial charge in [0.1, 0.15) is 0 Å². The van der Waals surface area contributed by atoms with Gasteiger partial charge in [0.15, 0.2) is 0 Å². The van der Waals surface area contributed by atoms with E-state index in [1.165, 1.54) is 0 Å². The highest BCUT2D eigenvalue weighted by Gasteiger charge is 2.52. The number of benzene rings is 1. The largest absolute Gasteiger partial charge is 0.377 e. The molecule has 1 spiro atoms. The Morgan fingerprint density at radius 2 is 1.96 bits per heavy atom. The number of ether oxygens (including phenoxy) is 1. The molecule has 1 aromatic heterocycles. The Morgan fingerprint density at radius 3 is 2.67 bits per heavy atom. The molecule has 0 aliphatic carbocycles. The van der Waals surface area contributed by atoms with Crippen molar-refractivity contribution in [3.8, 4) is 0 Å². The van der Waals surface area contributed by atoms with Crippen LogP contribution in [0.2, 0.25) is 0 Å². The van der Waals surface area contributed by atoms with Gasteiger partial charge in [-0.3, -0.25) is 4.98 Å². The molecule has 24 heavy (non-hydrogen) atoms. The molecule has 2 aromatic rings. The maximum Gasteiger partial charge on any atom is 0.243 e. The Morgan fingerprint density at radius 1 is 1.17 bits per heavy atom. The average molecular weight is 344 g/mol. The summed E-state index contributed by atoms with van der Waals surface area (Å²) in [6.07, 6.45) is 5.51. The predicted molar refractivity (Wildman–Crippen MR) is 89.9 cm³/mol. The lowest BCUT2D eigenvalue weighted by atomic mass is 9.79. The van der Waals surface area contributed by atoms with Crippen molar-refractivity contribution in [3.63, 3.8) is 0 Å². The van der Waals surface area contributed by atoms with Gasteiger partial charge in [-0.2, -0.15) is 4.31 Å². The molecule has 2 aliphatic heterocycles. The molecule has 2 fully saturated rings. The first-order chi connectivity index (χ1) is 11.6. The highest BCUT2D eigenvalue weighted by atomic mass is 32.2. The second-order valence-electron chi connectivity index (χ2n) is 6.79. The van der Waals surface area contributed by atoms with Gasteiger partial charge >= 0.3 is 0 Å². The molecule has 0 saturated carbocycles. The fraction of sp³-hybridized carbons (Fsp3) is 0.389. The Hall–Kier alpha value is -1.76. The second kappa shape index (κ2) is 5.95. The first-order valence-corrected chi connectivity index (χ1v) is 9.57. The van der Waals surface area contributed by atoms with E-state index < -0.39 is 10.0 Å². The van der Waals surface area contributed by atoms with Crippen molar-refractivity contribution in [3.05, 3.63) is 60.4 Å². The van der Waals surface area contributed by atoms with Gasteiger partial charge in [-0.15, -0.1) is 0 Å². The zero-order chi connectivity index (χ0) is 16.6. The molecule has 1 aromatic carbocycles. The fourth-order valence-corrected chi connectivity index (χ4v) is 5.33. The van der Waals surface area contributed by atoms with Crippen LogP contribution in [0, 0.1) is 5.41 Å². The topological polar surface area (TPSA) is 59.5 Å². The molecule has 0 N–H and O–H groups in total. The molecule has 0 bridgehead atoms. The smallest absolute Gasteiger partial charge is 0.243 e. The Bertz CT molecular complexity index is 803. The molecule has 5 nitrogen and oxygen atoms in total. The van der Waals surface area contributed by atoms with Crippen LogP contribution in [0.3, 0.4) is 0 Å². The van der Waals surface area contributed by atoms with Crippen LogP contribution in [0.4, 0.5) is 0 Å². The summed E-state index contributed by atoms with van der Waals surface area (Å²) >= 11 is 0. The number of hydrogen-bond donors (Lipinski definition) is 0. The van der Waals surface area contributed by atoms with Gasteiger partial charge in [0.05, 0.1) is 17.6 Å². The molecule has 126 valence electrons. The van der Waals surface area contributed by atoms with E-state index in [1.54, 1.807) is 34.8 Å². The van der Waals surface area contributed by atoms with E-state index in [2.05, 4.69) is 4.98 Å². The molecule has 0 unspecified atom stereocenters. The van der Waals surface area contributed by atoms with E-state index in [0.29, 0.717) is 24.6 Å². The lowest BCUT2D eigenvalue weighted by Crippen LogP contribution is -2.58. The van der Waals surface area contributed by atoms with Crippen LogP contribution >= 0.6 is 0 Å². The number of hydrogen-bond acceptors (Lipinski definition) is 4. The number of aromatic nitrogens is 1. The molecule has 0 radical (unpaired) electrons. The lowest BCUT2D eigenvalue weighted by molar-refractivity contribution is 0.0422. The molecule has 4 rings (SSSR count). The molecular formula is C18H20N2O3S. The van der Waals surface area contributed by atoms with E-state index in [1.807, 2.05) is 24.4 Å². The van der Waals surface area contributed by atoms with E-state index in [4.69, 9.17) is 4.74 Å². The van der Waals surface area contributed by atoms with Crippen LogP contribution in [0.5, 0.6) is 0 Å². The van der Waals surface area contributed by atoms with E-state index in [9.17, 15) is 8.42 Å². The maximum atomic E-state index is 12.6. The molecule has 3 heterocycles. The monoisotopic (exact) mass is 344 g/mol. The third-order valence-corrected chi connectivity index (χ3v) is 6.68. The highest BCUT2D eigenvalue weighted by molar-refractivity contribution is 7.89. The van der Waals surface area contributed by atoms with Crippen LogP contribution in [-0.2, 0) is 21.2 Å². The van der Waals surface area contributed by atoms with Gasteiger partial charge in [0.25, 0.3) is 0 Å². The first-order valence-electron chi connectivity index (χ1n) is 8.13. The summed E-state index contributed by atoms with van der Waals surface area (Å²) in [5, 5.41) is 0. The van der Waals surface area contributed by atoms with E-state index in [-0.39, 0.29) is 11.5 Å². The minimum atomic E-state index is -3.37. The maximum absolute atomic E-state index is 12.6. The Kier molecular flexibility index (Phi) is 3.90. The van der Waals surface area contributed by atoms with Gasteiger partial charge < -0.3 is 4.74 Å². The van der Waals surface area contributed by atoms with Crippen LogP contribution in [0.1, 0.15) is 12.0 Å². The van der Waals surface area contributed by atoms with Gasteiger partial charge in [-0.05, 0) is 30.2 Å². The zero-order valence-corrected chi connectivity index (χ0v) is 14.2. The Labute approximate surface area is 142 Å². The number of pyridine rings is 1. The summed E-state index contributed by atoms with van der Waals surface area (Å²) in [5.74, 6) is 0. The number of nitrogens with zero attached hydrogens (tertiary/aromatic N) is 2. The summed E-state index contributed by atoms with van der Waals surface area (Å²) in [6.45, 7) is 1.74. The summed E-state index contributed by atoms with van der Waals surface area (Å²) in [6, 6.07) is 12.6. The van der Waals surface area contributed by atoms with Crippen molar-refractivity contribution >= 4 is 10.0 Å².